The number of hydrogen-bond donors (Lipinski definition) is 2. The van der Waals surface area contributed by atoms with E-state index in [1.807, 2.05) is 28.6 Å². The average molecular weight is 546 g/mol. The van der Waals surface area contributed by atoms with Gasteiger partial charge in [-0.25, -0.2) is 27.9 Å². The molecule has 12 heteroatoms. The van der Waals surface area contributed by atoms with Crippen molar-refractivity contribution in [1.29, 1.82) is 0 Å². The monoisotopic (exact) mass is 545 g/mol. The first-order valence-electron chi connectivity index (χ1n) is 11.4. The Morgan fingerprint density at radius 1 is 1.03 bits per heavy atom. The van der Waals surface area contributed by atoms with E-state index in [9.17, 15) is 13.2 Å². The molecule has 3 heterocycles. The third kappa shape index (κ3) is 5.59. The third-order valence-corrected chi connectivity index (χ3v) is 8.45. The van der Waals surface area contributed by atoms with E-state index >= 15 is 0 Å². The Labute approximate surface area is 218 Å². The second kappa shape index (κ2) is 10.6. The van der Waals surface area contributed by atoms with Crippen LogP contribution in [-0.4, -0.2) is 56.5 Å². The minimum Gasteiger partial charge on any atom is -0.378 e. The second-order valence-electron chi connectivity index (χ2n) is 8.29. The molecule has 9 nitrogen and oxygen atoms in total. The van der Waals surface area contributed by atoms with Crippen molar-refractivity contribution in [2.75, 3.05) is 42.3 Å². The van der Waals surface area contributed by atoms with Gasteiger partial charge in [0.1, 0.15) is 5.82 Å². The van der Waals surface area contributed by atoms with Crippen molar-refractivity contribution in [3.63, 3.8) is 0 Å². The predicted octanol–water partition coefficient (Wildman–Crippen LogP) is 3.93. The molecule has 2 N–H and O–H groups in total. The minimum absolute atomic E-state index is 0.0589. The highest BCUT2D eigenvalue weighted by Gasteiger charge is 2.24. The summed E-state index contributed by atoms with van der Waals surface area (Å²) in [6.07, 6.45) is 0.898. The number of aryl methyl sites for hydroxylation is 1. The van der Waals surface area contributed by atoms with Gasteiger partial charge < -0.3 is 15.0 Å². The number of carbonyl (C=O) groups is 1. The number of benzene rings is 2. The Morgan fingerprint density at radius 2 is 1.75 bits per heavy atom. The summed E-state index contributed by atoms with van der Waals surface area (Å²) < 4.78 is 32.3. The van der Waals surface area contributed by atoms with Crippen molar-refractivity contribution >= 4 is 50.9 Å². The maximum absolute atomic E-state index is 12.4. The third-order valence-electron chi connectivity index (χ3n) is 5.86. The summed E-state index contributed by atoms with van der Waals surface area (Å²) in [4.78, 5) is 24.3. The van der Waals surface area contributed by atoms with Gasteiger partial charge in [0, 0.05) is 40.7 Å². The van der Waals surface area contributed by atoms with E-state index in [1.54, 1.807) is 12.1 Å². The number of carbonyl (C=O) groups excluding carboxylic acids is 1. The van der Waals surface area contributed by atoms with E-state index < -0.39 is 16.1 Å². The molecule has 1 fully saturated rings. The first-order chi connectivity index (χ1) is 17.4. The summed E-state index contributed by atoms with van der Waals surface area (Å²) in [5.41, 5.74) is 3.53. The number of amides is 2. The van der Waals surface area contributed by atoms with E-state index in [1.165, 1.54) is 29.8 Å². The number of sulfonamides is 1. The normalized spacial score (nSPS) is 15.8. The molecule has 5 rings (SSSR count). The van der Waals surface area contributed by atoms with E-state index in [4.69, 9.17) is 26.3 Å². The van der Waals surface area contributed by atoms with Gasteiger partial charge in [0.2, 0.25) is 0 Å². The molecule has 2 aromatic carbocycles. The predicted molar refractivity (Wildman–Crippen MR) is 141 cm³/mol. The quantitative estimate of drug-likeness (QED) is 0.496. The van der Waals surface area contributed by atoms with Crippen molar-refractivity contribution in [1.82, 2.24) is 14.7 Å². The van der Waals surface area contributed by atoms with Gasteiger partial charge in [0.05, 0.1) is 23.8 Å². The van der Waals surface area contributed by atoms with Gasteiger partial charge in [0.15, 0.2) is 5.82 Å². The molecule has 2 amide bonds. The number of urea groups is 1. The summed E-state index contributed by atoms with van der Waals surface area (Å²) in [7, 11) is -4.03. The van der Waals surface area contributed by atoms with Crippen LogP contribution in [0.25, 0.3) is 11.4 Å². The number of nitrogens with one attached hydrogen (secondary N) is 2. The molecule has 1 aromatic heterocycles. The lowest BCUT2D eigenvalue weighted by Crippen LogP contribution is -2.38. The molecule has 36 heavy (non-hydrogen) atoms. The molecule has 2 aliphatic heterocycles. The lowest BCUT2D eigenvalue weighted by Gasteiger charge is -2.31. The molecule has 0 radical (unpaired) electrons. The highest BCUT2D eigenvalue weighted by molar-refractivity contribution is 7.98. The standard InChI is InChI=1S/C24H24ClN5O4S2/c25-17-3-7-19(8-4-17)36(32,33)29-24(31)26-18-5-1-16(2-6-18)22-27-21-9-14-35-15-20(21)23(28-22)30-10-12-34-13-11-30/h1-8H,9-15H2,(H2,26,29,31). The molecular weight excluding hydrogens is 522 g/mol. The van der Waals surface area contributed by atoms with Crippen molar-refractivity contribution < 1.29 is 17.9 Å². The van der Waals surface area contributed by atoms with Gasteiger partial charge in [-0.1, -0.05) is 11.6 Å². The molecule has 188 valence electrons. The fraction of sp³-hybridized carbons (Fsp3) is 0.292. The summed E-state index contributed by atoms with van der Waals surface area (Å²) in [5, 5.41) is 2.95. The summed E-state index contributed by atoms with van der Waals surface area (Å²) in [6, 6.07) is 11.7. The van der Waals surface area contributed by atoms with Crippen molar-refractivity contribution in [2.24, 2.45) is 0 Å². The lowest BCUT2D eigenvalue weighted by atomic mass is 10.1. The van der Waals surface area contributed by atoms with E-state index in [-0.39, 0.29) is 4.90 Å². The van der Waals surface area contributed by atoms with Crippen LogP contribution < -0.4 is 14.9 Å². The van der Waals surface area contributed by atoms with Crippen LogP contribution in [0.4, 0.5) is 16.3 Å². The number of halogens is 1. The van der Waals surface area contributed by atoms with Gasteiger partial charge in [-0.05, 0) is 60.7 Å². The highest BCUT2D eigenvalue weighted by Crippen LogP contribution is 2.33. The van der Waals surface area contributed by atoms with Crippen LogP contribution in [0.5, 0.6) is 0 Å². The fourth-order valence-electron chi connectivity index (χ4n) is 4.03. The first-order valence-corrected chi connectivity index (χ1v) is 14.4. The van der Waals surface area contributed by atoms with E-state index in [2.05, 4.69) is 10.2 Å². The number of ether oxygens (including phenoxy) is 1. The van der Waals surface area contributed by atoms with Crippen molar-refractivity contribution in [2.45, 2.75) is 17.1 Å². The second-order valence-corrected chi connectivity index (χ2v) is 11.5. The summed E-state index contributed by atoms with van der Waals surface area (Å²) >= 11 is 7.70. The van der Waals surface area contributed by atoms with Crippen LogP contribution in [-0.2, 0) is 26.9 Å². The Morgan fingerprint density at radius 3 is 2.47 bits per heavy atom. The molecule has 1 saturated heterocycles. The average Bonchev–Trinajstić information content (AvgIpc) is 2.89. The van der Waals surface area contributed by atoms with Crippen molar-refractivity contribution in [3.05, 3.63) is 64.8 Å². The Kier molecular flexibility index (Phi) is 7.33. The number of thioether (sulfide) groups is 1. The molecule has 0 unspecified atom stereocenters. The molecular formula is C24H24ClN5O4S2. The van der Waals surface area contributed by atoms with Crippen LogP contribution in [0, 0.1) is 0 Å². The van der Waals surface area contributed by atoms with E-state index in [0.29, 0.717) is 29.7 Å². The van der Waals surface area contributed by atoms with Gasteiger partial charge in [-0.2, -0.15) is 11.8 Å². The Hall–Kier alpha value is -2.86. The zero-order valence-corrected chi connectivity index (χ0v) is 21.6. The Balaban J connectivity index is 1.32. The zero-order chi connectivity index (χ0) is 25.1. The number of morpholine rings is 1. The minimum atomic E-state index is -4.03. The van der Waals surface area contributed by atoms with Crippen LogP contribution in [0.1, 0.15) is 11.3 Å². The first kappa shape index (κ1) is 24.8. The van der Waals surface area contributed by atoms with Crippen LogP contribution in [0.3, 0.4) is 0 Å². The van der Waals surface area contributed by atoms with Gasteiger partial charge >= 0.3 is 6.03 Å². The maximum atomic E-state index is 12.4. The number of rotatable bonds is 5. The van der Waals surface area contributed by atoms with Crippen LogP contribution in [0.15, 0.2) is 53.4 Å². The van der Waals surface area contributed by atoms with Crippen molar-refractivity contribution in [3.8, 4) is 11.4 Å². The molecule has 3 aromatic rings. The molecule has 2 aliphatic rings. The number of aromatic nitrogens is 2. The molecule has 0 atom stereocenters. The molecule has 0 aliphatic carbocycles. The maximum Gasteiger partial charge on any atom is 0.333 e. The zero-order valence-electron chi connectivity index (χ0n) is 19.2. The number of hydrogen-bond acceptors (Lipinski definition) is 8. The number of nitrogens with zero attached hydrogens (tertiary/aromatic N) is 3. The SMILES string of the molecule is O=C(Nc1ccc(-c2nc3c(c(N4CCOCC4)n2)CSCC3)cc1)NS(=O)(=O)c1ccc(Cl)cc1. The molecule has 0 bridgehead atoms. The van der Waals surface area contributed by atoms with E-state index in [0.717, 1.165) is 48.1 Å². The summed E-state index contributed by atoms with van der Waals surface area (Å²) in [6.45, 7) is 2.95. The number of fused-ring (bicyclic) bond motifs is 1. The van der Waals surface area contributed by atoms with Crippen LogP contribution >= 0.6 is 23.4 Å². The Bertz CT molecular complexity index is 1360. The largest absolute Gasteiger partial charge is 0.378 e. The van der Waals surface area contributed by atoms with Gasteiger partial charge in [-0.15, -0.1) is 0 Å². The van der Waals surface area contributed by atoms with Gasteiger partial charge in [-0.3, -0.25) is 0 Å². The number of anilines is 2. The molecule has 0 saturated carbocycles. The smallest absolute Gasteiger partial charge is 0.333 e. The summed E-state index contributed by atoms with van der Waals surface area (Å²) in [5.74, 6) is 3.53. The topological polar surface area (TPSA) is 114 Å². The fourth-order valence-corrected chi connectivity index (χ4v) is 6.05. The van der Waals surface area contributed by atoms with Gasteiger partial charge in [0.25, 0.3) is 10.0 Å². The highest BCUT2D eigenvalue weighted by atomic mass is 35.5. The molecule has 0 spiro atoms. The lowest BCUT2D eigenvalue weighted by molar-refractivity contribution is 0.122. The van der Waals surface area contributed by atoms with Crippen LogP contribution in [0.2, 0.25) is 5.02 Å².